The molecule has 0 aliphatic rings. The summed E-state index contributed by atoms with van der Waals surface area (Å²) in [6.07, 6.45) is 3.49. The summed E-state index contributed by atoms with van der Waals surface area (Å²) in [5, 5.41) is 11.1. The molecule has 0 aliphatic carbocycles. The zero-order valence-corrected chi connectivity index (χ0v) is 6.44. The minimum Gasteiger partial charge on any atom is -0.634 e. The summed E-state index contributed by atoms with van der Waals surface area (Å²) in [4.78, 5) is 0. The summed E-state index contributed by atoms with van der Waals surface area (Å²) in [7, 11) is 0. The lowest BCUT2D eigenvalue weighted by molar-refractivity contribution is -0.846. The van der Waals surface area contributed by atoms with Gasteiger partial charge in [0.25, 0.3) is 0 Å². The molecule has 0 heterocycles. The van der Waals surface area contributed by atoms with Crippen molar-refractivity contribution in [2.45, 2.75) is 33.1 Å². The Labute approximate surface area is 57.4 Å². The van der Waals surface area contributed by atoms with Crippen LogP contribution in [0, 0.1) is 5.21 Å². The molecule has 0 aromatic heterocycles. The number of hydrogen-bond donors (Lipinski definition) is 1. The molecule has 0 saturated carbocycles. The highest BCUT2D eigenvalue weighted by molar-refractivity contribution is 4.34. The fourth-order valence-electron chi connectivity index (χ4n) is 0.749. The summed E-state index contributed by atoms with van der Waals surface area (Å²) < 4.78 is 0. The van der Waals surface area contributed by atoms with E-state index in [1.165, 1.54) is 12.8 Å². The third-order valence-electron chi connectivity index (χ3n) is 1.45. The van der Waals surface area contributed by atoms with E-state index in [4.69, 9.17) is 0 Å². The van der Waals surface area contributed by atoms with E-state index in [1.807, 2.05) is 6.92 Å². The second kappa shape index (κ2) is 6.05. The summed E-state index contributed by atoms with van der Waals surface area (Å²) in [5.74, 6) is 0. The van der Waals surface area contributed by atoms with Gasteiger partial charge in [0.05, 0.1) is 13.1 Å². The van der Waals surface area contributed by atoms with Crippen molar-refractivity contribution in [1.82, 2.24) is 0 Å². The lowest BCUT2D eigenvalue weighted by Crippen LogP contribution is -3.06. The maximum atomic E-state index is 10.7. The highest BCUT2D eigenvalue weighted by atomic mass is 16.5. The van der Waals surface area contributed by atoms with Crippen LogP contribution in [0.2, 0.25) is 0 Å². The quantitative estimate of drug-likeness (QED) is 0.429. The molecule has 2 nitrogen and oxygen atoms in total. The Morgan fingerprint density at radius 2 is 1.89 bits per heavy atom. The monoisotopic (exact) mass is 131 g/mol. The first-order valence-corrected chi connectivity index (χ1v) is 3.83. The number of rotatable bonds is 5. The molecule has 1 unspecified atom stereocenters. The van der Waals surface area contributed by atoms with Crippen LogP contribution in [0.5, 0.6) is 0 Å². The van der Waals surface area contributed by atoms with Gasteiger partial charge < -0.3 is 10.3 Å². The SMILES string of the molecule is CCCCC[NH+]([O-])CC. The van der Waals surface area contributed by atoms with Crippen LogP contribution in [0.25, 0.3) is 0 Å². The highest BCUT2D eigenvalue weighted by Crippen LogP contribution is 1.88. The maximum absolute atomic E-state index is 10.7. The Morgan fingerprint density at radius 3 is 2.33 bits per heavy atom. The van der Waals surface area contributed by atoms with E-state index < -0.39 is 0 Å². The van der Waals surface area contributed by atoms with E-state index >= 15 is 0 Å². The molecule has 0 aliphatic heterocycles. The van der Waals surface area contributed by atoms with Crippen LogP contribution >= 0.6 is 0 Å². The van der Waals surface area contributed by atoms with Crippen molar-refractivity contribution in [2.24, 2.45) is 0 Å². The first-order valence-electron chi connectivity index (χ1n) is 3.83. The molecule has 1 atom stereocenters. The van der Waals surface area contributed by atoms with Crippen LogP contribution in [0.3, 0.4) is 0 Å². The van der Waals surface area contributed by atoms with Crippen molar-refractivity contribution >= 4 is 0 Å². The number of hydrogen-bond acceptors (Lipinski definition) is 1. The average molecular weight is 131 g/mol. The van der Waals surface area contributed by atoms with Crippen molar-refractivity contribution in [3.8, 4) is 0 Å². The lowest BCUT2D eigenvalue weighted by atomic mass is 10.2. The van der Waals surface area contributed by atoms with Gasteiger partial charge in [-0.05, 0) is 19.8 Å². The topological polar surface area (TPSA) is 27.5 Å². The van der Waals surface area contributed by atoms with Crippen LogP contribution in [0.15, 0.2) is 0 Å². The zero-order valence-electron chi connectivity index (χ0n) is 6.44. The van der Waals surface area contributed by atoms with Crippen molar-refractivity contribution in [2.75, 3.05) is 13.1 Å². The Morgan fingerprint density at radius 1 is 1.22 bits per heavy atom. The Kier molecular flexibility index (Phi) is 5.99. The van der Waals surface area contributed by atoms with Gasteiger partial charge in [0.1, 0.15) is 0 Å². The molecule has 0 saturated heterocycles. The van der Waals surface area contributed by atoms with E-state index in [0.717, 1.165) is 13.0 Å². The zero-order chi connectivity index (χ0) is 7.11. The maximum Gasteiger partial charge on any atom is 0.0768 e. The molecule has 0 aromatic rings. The first-order chi connectivity index (χ1) is 4.31. The van der Waals surface area contributed by atoms with Gasteiger partial charge in [0, 0.05) is 0 Å². The third kappa shape index (κ3) is 5.80. The van der Waals surface area contributed by atoms with Crippen LogP contribution in [-0.4, -0.2) is 13.1 Å². The van der Waals surface area contributed by atoms with Gasteiger partial charge in [-0.25, -0.2) is 0 Å². The molecule has 56 valence electrons. The van der Waals surface area contributed by atoms with E-state index in [-0.39, 0.29) is 0 Å². The van der Waals surface area contributed by atoms with Crippen LogP contribution < -0.4 is 5.06 Å². The predicted molar refractivity (Wildman–Crippen MR) is 39.3 cm³/mol. The van der Waals surface area contributed by atoms with Gasteiger partial charge in [-0.3, -0.25) is 0 Å². The van der Waals surface area contributed by atoms with Crippen molar-refractivity contribution < 1.29 is 5.06 Å². The largest absolute Gasteiger partial charge is 0.634 e. The normalized spacial score (nSPS) is 13.7. The molecule has 0 radical (unpaired) electrons. The van der Waals surface area contributed by atoms with E-state index in [1.54, 1.807) is 0 Å². The van der Waals surface area contributed by atoms with Crippen LogP contribution in [0.4, 0.5) is 0 Å². The van der Waals surface area contributed by atoms with E-state index in [9.17, 15) is 5.21 Å². The number of nitrogens with one attached hydrogen (secondary N) is 1. The van der Waals surface area contributed by atoms with Gasteiger partial charge in [-0.2, -0.15) is 0 Å². The molecule has 0 bridgehead atoms. The summed E-state index contributed by atoms with van der Waals surface area (Å²) >= 11 is 0. The Hall–Kier alpha value is -0.0800. The molecule has 0 rings (SSSR count). The van der Waals surface area contributed by atoms with E-state index in [2.05, 4.69) is 6.92 Å². The second-order valence-corrected chi connectivity index (χ2v) is 2.35. The second-order valence-electron chi connectivity index (χ2n) is 2.35. The van der Waals surface area contributed by atoms with Crippen LogP contribution in [-0.2, 0) is 0 Å². The molecular weight excluding hydrogens is 114 g/mol. The molecule has 0 aromatic carbocycles. The average Bonchev–Trinajstić information content (AvgIpc) is 1.89. The molecule has 0 fully saturated rings. The highest BCUT2D eigenvalue weighted by Gasteiger charge is 1.90. The minimum atomic E-state index is 0.406. The van der Waals surface area contributed by atoms with Gasteiger partial charge >= 0.3 is 0 Å². The summed E-state index contributed by atoms with van der Waals surface area (Å²) in [5.41, 5.74) is 0. The van der Waals surface area contributed by atoms with Crippen molar-refractivity contribution in [3.63, 3.8) is 0 Å². The number of quaternary nitrogens is 1. The first kappa shape index (κ1) is 8.92. The molecule has 1 N–H and O–H groups in total. The Balaban J connectivity index is 2.88. The number of unbranched alkanes of at least 4 members (excludes halogenated alkanes) is 2. The fourth-order valence-corrected chi connectivity index (χ4v) is 0.749. The lowest BCUT2D eigenvalue weighted by Gasteiger charge is -2.19. The van der Waals surface area contributed by atoms with Crippen LogP contribution in [0.1, 0.15) is 33.1 Å². The predicted octanol–water partition coefficient (Wildman–Crippen LogP) is 0.579. The van der Waals surface area contributed by atoms with Crippen molar-refractivity contribution in [1.29, 1.82) is 0 Å². The molecule has 0 spiro atoms. The molecule has 9 heavy (non-hydrogen) atoms. The smallest absolute Gasteiger partial charge is 0.0768 e. The number of hydroxylamine groups is 2. The minimum absolute atomic E-state index is 0.406. The summed E-state index contributed by atoms with van der Waals surface area (Å²) in [6.45, 7) is 5.58. The van der Waals surface area contributed by atoms with E-state index in [0.29, 0.717) is 11.6 Å². The molecular formula is C7H17NO. The fraction of sp³-hybridized carbons (Fsp3) is 1.00. The van der Waals surface area contributed by atoms with Crippen molar-refractivity contribution in [3.05, 3.63) is 5.21 Å². The third-order valence-corrected chi connectivity index (χ3v) is 1.45. The van der Waals surface area contributed by atoms with Gasteiger partial charge in [-0.1, -0.05) is 13.3 Å². The molecule has 0 amide bonds. The standard InChI is InChI=1S/C7H17NO/c1-3-5-6-7-8(9)4-2/h8H,3-7H2,1-2H3. The van der Waals surface area contributed by atoms with Gasteiger partial charge in [-0.15, -0.1) is 0 Å². The Bertz CT molecular complexity index is 56.9. The van der Waals surface area contributed by atoms with Gasteiger partial charge in [0.15, 0.2) is 0 Å². The summed E-state index contributed by atoms with van der Waals surface area (Å²) in [6, 6.07) is 0. The molecule has 2 heteroatoms. The van der Waals surface area contributed by atoms with Gasteiger partial charge in [0.2, 0.25) is 0 Å².